The van der Waals surface area contributed by atoms with Crippen molar-refractivity contribution in [2.45, 2.75) is 24.9 Å². The standard InChI is InChI=1S/C11H14N4S2/c1-8(2)10-13-14-11(16-3)15(10)12-7-9-5-4-6-17-9/h4-8H,1-3H3/b12-7-. The summed E-state index contributed by atoms with van der Waals surface area (Å²) in [5, 5.41) is 15.6. The third-order valence-electron chi connectivity index (χ3n) is 2.18. The minimum absolute atomic E-state index is 0.309. The van der Waals surface area contributed by atoms with Gasteiger partial charge in [0.15, 0.2) is 5.82 Å². The van der Waals surface area contributed by atoms with E-state index >= 15 is 0 Å². The van der Waals surface area contributed by atoms with Crippen LogP contribution in [0, 0.1) is 0 Å². The number of nitrogens with zero attached hydrogens (tertiary/aromatic N) is 4. The Balaban J connectivity index is 2.33. The Kier molecular flexibility index (Phi) is 3.96. The van der Waals surface area contributed by atoms with Crippen LogP contribution in [-0.4, -0.2) is 27.3 Å². The lowest BCUT2D eigenvalue weighted by atomic mass is 10.2. The van der Waals surface area contributed by atoms with Gasteiger partial charge in [0, 0.05) is 10.8 Å². The van der Waals surface area contributed by atoms with E-state index < -0.39 is 0 Å². The van der Waals surface area contributed by atoms with E-state index in [0.717, 1.165) is 15.9 Å². The molecule has 0 saturated heterocycles. The fourth-order valence-corrected chi connectivity index (χ4v) is 2.37. The van der Waals surface area contributed by atoms with Gasteiger partial charge < -0.3 is 0 Å². The van der Waals surface area contributed by atoms with Crippen molar-refractivity contribution in [1.29, 1.82) is 0 Å². The number of rotatable bonds is 4. The molecule has 4 nitrogen and oxygen atoms in total. The molecule has 90 valence electrons. The summed E-state index contributed by atoms with van der Waals surface area (Å²) in [6, 6.07) is 4.04. The Morgan fingerprint density at radius 1 is 1.47 bits per heavy atom. The second kappa shape index (κ2) is 5.46. The average molecular weight is 266 g/mol. The smallest absolute Gasteiger partial charge is 0.191 e. The summed E-state index contributed by atoms with van der Waals surface area (Å²) in [7, 11) is 0. The number of thioether (sulfide) groups is 1. The summed E-state index contributed by atoms with van der Waals surface area (Å²) in [4.78, 5) is 1.13. The van der Waals surface area contributed by atoms with Crippen molar-refractivity contribution in [1.82, 2.24) is 14.9 Å². The second-order valence-electron chi connectivity index (χ2n) is 3.77. The van der Waals surface area contributed by atoms with Gasteiger partial charge in [-0.2, -0.15) is 9.78 Å². The van der Waals surface area contributed by atoms with Gasteiger partial charge in [-0.15, -0.1) is 21.5 Å². The lowest BCUT2D eigenvalue weighted by Crippen LogP contribution is -2.01. The van der Waals surface area contributed by atoms with Crippen LogP contribution in [0.15, 0.2) is 27.8 Å². The lowest BCUT2D eigenvalue weighted by molar-refractivity contribution is 0.668. The van der Waals surface area contributed by atoms with Gasteiger partial charge in [0.1, 0.15) is 0 Å². The zero-order valence-electron chi connectivity index (χ0n) is 9.99. The fourth-order valence-electron chi connectivity index (χ4n) is 1.35. The topological polar surface area (TPSA) is 43.1 Å². The summed E-state index contributed by atoms with van der Waals surface area (Å²) >= 11 is 3.21. The third kappa shape index (κ3) is 2.76. The molecule has 0 spiro atoms. The van der Waals surface area contributed by atoms with Crippen molar-refractivity contribution in [3.63, 3.8) is 0 Å². The van der Waals surface area contributed by atoms with Gasteiger partial charge in [-0.25, -0.2) is 0 Å². The largest absolute Gasteiger partial charge is 0.211 e. The molecule has 0 fully saturated rings. The van der Waals surface area contributed by atoms with Gasteiger partial charge in [0.25, 0.3) is 0 Å². The summed E-state index contributed by atoms with van der Waals surface area (Å²) in [6.07, 6.45) is 3.82. The SMILES string of the molecule is CSc1nnc(C(C)C)n1/N=C\c1cccs1. The van der Waals surface area contributed by atoms with Gasteiger partial charge in [-0.1, -0.05) is 31.7 Å². The predicted octanol–water partition coefficient (Wildman–Crippen LogP) is 3.07. The molecule has 17 heavy (non-hydrogen) atoms. The van der Waals surface area contributed by atoms with Crippen molar-refractivity contribution in [3.8, 4) is 0 Å². The van der Waals surface area contributed by atoms with E-state index in [1.54, 1.807) is 23.1 Å². The van der Waals surface area contributed by atoms with Crippen molar-refractivity contribution < 1.29 is 0 Å². The highest BCUT2D eigenvalue weighted by Crippen LogP contribution is 2.19. The third-order valence-corrected chi connectivity index (χ3v) is 3.61. The van der Waals surface area contributed by atoms with Crippen LogP contribution in [0.4, 0.5) is 0 Å². The number of hydrogen-bond donors (Lipinski definition) is 0. The van der Waals surface area contributed by atoms with Crippen LogP contribution in [0.3, 0.4) is 0 Å². The molecule has 0 N–H and O–H groups in total. The Morgan fingerprint density at radius 3 is 2.88 bits per heavy atom. The molecule has 2 heterocycles. The molecule has 2 aromatic heterocycles. The molecule has 0 bridgehead atoms. The maximum absolute atomic E-state index is 4.46. The normalized spacial score (nSPS) is 11.8. The van der Waals surface area contributed by atoms with Crippen LogP contribution in [0.2, 0.25) is 0 Å². The molecule has 0 amide bonds. The highest BCUT2D eigenvalue weighted by Gasteiger charge is 2.13. The predicted molar refractivity (Wildman–Crippen MR) is 73.2 cm³/mol. The molecule has 0 unspecified atom stereocenters. The molecule has 0 aliphatic carbocycles. The molecule has 0 radical (unpaired) electrons. The van der Waals surface area contributed by atoms with Gasteiger partial charge >= 0.3 is 0 Å². The van der Waals surface area contributed by atoms with E-state index in [-0.39, 0.29) is 0 Å². The van der Waals surface area contributed by atoms with E-state index in [2.05, 4.69) is 29.1 Å². The van der Waals surface area contributed by atoms with Crippen LogP contribution in [0.1, 0.15) is 30.5 Å². The molecule has 0 aromatic carbocycles. The van der Waals surface area contributed by atoms with Gasteiger partial charge in [-0.05, 0) is 17.7 Å². The highest BCUT2D eigenvalue weighted by molar-refractivity contribution is 7.98. The van der Waals surface area contributed by atoms with Crippen LogP contribution < -0.4 is 0 Å². The lowest BCUT2D eigenvalue weighted by Gasteiger charge is -2.04. The molecule has 6 heteroatoms. The first kappa shape index (κ1) is 12.3. The molecular weight excluding hydrogens is 252 g/mol. The molecule has 0 atom stereocenters. The minimum atomic E-state index is 0.309. The Bertz CT molecular complexity index is 500. The average Bonchev–Trinajstić information content (AvgIpc) is 2.95. The van der Waals surface area contributed by atoms with Crippen molar-refractivity contribution in [3.05, 3.63) is 28.2 Å². The van der Waals surface area contributed by atoms with E-state index in [4.69, 9.17) is 0 Å². The highest BCUT2D eigenvalue weighted by atomic mass is 32.2. The first-order chi connectivity index (χ1) is 8.22. The Hall–Kier alpha value is -1.14. The summed E-state index contributed by atoms with van der Waals surface area (Å²) in [5.41, 5.74) is 0. The van der Waals surface area contributed by atoms with Crippen molar-refractivity contribution >= 4 is 29.3 Å². The summed E-state index contributed by atoms with van der Waals surface area (Å²) < 4.78 is 1.81. The van der Waals surface area contributed by atoms with E-state index in [1.165, 1.54) is 0 Å². The number of thiophene rings is 1. The molecule has 0 saturated carbocycles. The quantitative estimate of drug-likeness (QED) is 0.631. The molecule has 2 aromatic rings. The van der Waals surface area contributed by atoms with Gasteiger partial charge in [-0.3, -0.25) is 0 Å². The molecule has 0 aliphatic heterocycles. The van der Waals surface area contributed by atoms with Crippen molar-refractivity contribution in [2.24, 2.45) is 5.10 Å². The van der Waals surface area contributed by atoms with Crippen LogP contribution in [0.25, 0.3) is 0 Å². The summed E-state index contributed by atoms with van der Waals surface area (Å²) in [6.45, 7) is 4.18. The zero-order chi connectivity index (χ0) is 12.3. The molecular formula is C11H14N4S2. The van der Waals surface area contributed by atoms with Gasteiger partial charge in [0.05, 0.1) is 6.21 Å². The van der Waals surface area contributed by atoms with E-state index in [0.29, 0.717) is 5.92 Å². The van der Waals surface area contributed by atoms with Crippen molar-refractivity contribution in [2.75, 3.05) is 6.26 Å². The van der Waals surface area contributed by atoms with Crippen LogP contribution in [0.5, 0.6) is 0 Å². The maximum Gasteiger partial charge on any atom is 0.211 e. The first-order valence-electron chi connectivity index (χ1n) is 5.29. The minimum Gasteiger partial charge on any atom is -0.191 e. The Morgan fingerprint density at radius 2 is 2.29 bits per heavy atom. The molecule has 0 aliphatic rings. The van der Waals surface area contributed by atoms with E-state index in [9.17, 15) is 0 Å². The monoisotopic (exact) mass is 266 g/mol. The zero-order valence-corrected chi connectivity index (χ0v) is 11.6. The fraction of sp³-hybridized carbons (Fsp3) is 0.364. The Labute approximate surface area is 109 Å². The maximum atomic E-state index is 4.46. The summed E-state index contributed by atoms with van der Waals surface area (Å²) in [5.74, 6) is 1.20. The number of hydrogen-bond acceptors (Lipinski definition) is 5. The second-order valence-corrected chi connectivity index (χ2v) is 5.52. The first-order valence-corrected chi connectivity index (χ1v) is 7.40. The molecule has 2 rings (SSSR count). The van der Waals surface area contributed by atoms with Gasteiger partial charge in [0.2, 0.25) is 5.16 Å². The van der Waals surface area contributed by atoms with Crippen LogP contribution >= 0.6 is 23.1 Å². The van der Waals surface area contributed by atoms with E-state index in [1.807, 2.05) is 34.7 Å². The van der Waals surface area contributed by atoms with Crippen LogP contribution in [-0.2, 0) is 0 Å². The number of aromatic nitrogens is 3.